The van der Waals surface area contributed by atoms with Crippen molar-refractivity contribution in [3.8, 4) is 0 Å². The summed E-state index contributed by atoms with van der Waals surface area (Å²) in [6.07, 6.45) is -1.67. The molecule has 2 aromatic rings. The van der Waals surface area contributed by atoms with Crippen molar-refractivity contribution in [2.45, 2.75) is 50.7 Å². The Kier molecular flexibility index (Phi) is 5.29. The quantitative estimate of drug-likeness (QED) is 0.851. The first kappa shape index (κ1) is 18.4. The topological polar surface area (TPSA) is 59.8 Å². The molecule has 1 fully saturated rings. The minimum atomic E-state index is -4.18. The van der Waals surface area contributed by atoms with Crippen LogP contribution in [-0.2, 0) is 20.0 Å². The number of alkyl halides is 3. The Hall–Kier alpha value is -2.38. The molecule has 3 rings (SSSR count). The molecule has 0 bridgehead atoms. The predicted molar refractivity (Wildman–Crippen MR) is 89.6 cm³/mol. The Morgan fingerprint density at radius 3 is 2.50 bits per heavy atom. The molecule has 1 aliphatic carbocycles. The number of halogens is 3. The van der Waals surface area contributed by atoms with E-state index in [2.05, 4.69) is 15.5 Å². The summed E-state index contributed by atoms with van der Waals surface area (Å²) in [7, 11) is 1.89. The third kappa shape index (κ3) is 4.42. The molecule has 26 heavy (non-hydrogen) atoms. The molecule has 1 aromatic heterocycles. The lowest BCUT2D eigenvalue weighted by Crippen LogP contribution is -2.25. The summed E-state index contributed by atoms with van der Waals surface area (Å²) in [4.78, 5) is 12.2. The number of hydrogen-bond donors (Lipinski definition) is 1. The zero-order valence-electron chi connectivity index (χ0n) is 14.5. The molecular formula is C18H21F3N4O. The van der Waals surface area contributed by atoms with Gasteiger partial charge in [0, 0.05) is 24.9 Å². The van der Waals surface area contributed by atoms with Gasteiger partial charge in [0.1, 0.15) is 5.82 Å². The first-order valence-electron chi connectivity index (χ1n) is 8.65. The molecular weight excluding hydrogens is 345 g/mol. The molecule has 1 saturated carbocycles. The first-order chi connectivity index (χ1) is 12.3. The van der Waals surface area contributed by atoms with Gasteiger partial charge in [0.25, 0.3) is 5.91 Å². The molecule has 1 amide bonds. The summed E-state index contributed by atoms with van der Waals surface area (Å²) in [5.41, 5.74) is 0.958. The molecule has 0 aliphatic heterocycles. The van der Waals surface area contributed by atoms with E-state index in [1.54, 1.807) is 12.1 Å². The van der Waals surface area contributed by atoms with Crippen molar-refractivity contribution in [2.75, 3.05) is 0 Å². The maximum absolute atomic E-state index is 12.2. The van der Waals surface area contributed by atoms with E-state index >= 15 is 0 Å². The molecule has 0 saturated heterocycles. The number of benzene rings is 1. The SMILES string of the molecule is Cn1c(CNC(=O)c2ccc(CCC(F)(F)F)cc2)nnc1C1CCC1. The van der Waals surface area contributed by atoms with Crippen LogP contribution in [0.5, 0.6) is 0 Å². The average molecular weight is 366 g/mol. The zero-order chi connectivity index (χ0) is 18.7. The van der Waals surface area contributed by atoms with E-state index in [1.165, 1.54) is 18.6 Å². The van der Waals surface area contributed by atoms with Crippen LogP contribution in [0.15, 0.2) is 24.3 Å². The van der Waals surface area contributed by atoms with Gasteiger partial charge in [-0.15, -0.1) is 10.2 Å². The third-order valence-electron chi connectivity index (χ3n) is 4.79. The van der Waals surface area contributed by atoms with Gasteiger partial charge in [-0.2, -0.15) is 13.2 Å². The molecule has 0 atom stereocenters. The Morgan fingerprint density at radius 2 is 1.92 bits per heavy atom. The van der Waals surface area contributed by atoms with Crippen molar-refractivity contribution >= 4 is 5.91 Å². The Bertz CT molecular complexity index is 764. The number of hydrogen-bond acceptors (Lipinski definition) is 3. The summed E-state index contributed by atoms with van der Waals surface area (Å²) in [5.74, 6) is 1.80. The van der Waals surface area contributed by atoms with E-state index in [-0.39, 0.29) is 18.9 Å². The average Bonchev–Trinajstić information content (AvgIpc) is 2.90. The number of carbonyl (C=O) groups is 1. The highest BCUT2D eigenvalue weighted by Crippen LogP contribution is 2.35. The lowest BCUT2D eigenvalue weighted by atomic mass is 9.85. The van der Waals surface area contributed by atoms with Gasteiger partial charge in [-0.3, -0.25) is 4.79 Å². The fourth-order valence-corrected chi connectivity index (χ4v) is 2.92. The number of carbonyl (C=O) groups excluding carboxylic acids is 1. The maximum Gasteiger partial charge on any atom is 0.389 e. The monoisotopic (exact) mass is 366 g/mol. The van der Waals surface area contributed by atoms with E-state index in [4.69, 9.17) is 0 Å². The molecule has 1 aromatic carbocycles. The Morgan fingerprint density at radius 1 is 1.23 bits per heavy atom. The first-order valence-corrected chi connectivity index (χ1v) is 8.65. The molecule has 1 aliphatic rings. The van der Waals surface area contributed by atoms with Crippen molar-refractivity contribution < 1.29 is 18.0 Å². The number of nitrogens with one attached hydrogen (secondary N) is 1. The number of aryl methyl sites for hydroxylation is 1. The van der Waals surface area contributed by atoms with Gasteiger partial charge in [-0.05, 0) is 37.0 Å². The van der Waals surface area contributed by atoms with E-state index in [9.17, 15) is 18.0 Å². The van der Waals surface area contributed by atoms with Gasteiger partial charge in [-0.1, -0.05) is 18.6 Å². The van der Waals surface area contributed by atoms with Crippen LogP contribution in [0, 0.1) is 0 Å². The zero-order valence-corrected chi connectivity index (χ0v) is 14.5. The lowest BCUT2D eigenvalue weighted by Gasteiger charge is -2.24. The van der Waals surface area contributed by atoms with Gasteiger partial charge >= 0.3 is 6.18 Å². The van der Waals surface area contributed by atoms with Crippen LogP contribution >= 0.6 is 0 Å². The van der Waals surface area contributed by atoms with Crippen LogP contribution in [0.2, 0.25) is 0 Å². The summed E-state index contributed by atoms with van der Waals surface area (Å²) in [5, 5.41) is 11.1. The second kappa shape index (κ2) is 7.47. The lowest BCUT2D eigenvalue weighted by molar-refractivity contribution is -0.134. The fraction of sp³-hybridized carbons (Fsp3) is 0.500. The van der Waals surface area contributed by atoms with Crippen LogP contribution in [0.25, 0.3) is 0 Å². The minimum Gasteiger partial charge on any atom is -0.345 e. The van der Waals surface area contributed by atoms with Crippen LogP contribution in [0.4, 0.5) is 13.2 Å². The maximum atomic E-state index is 12.2. The number of aromatic nitrogens is 3. The Labute approximate surface area is 149 Å². The van der Waals surface area contributed by atoms with Gasteiger partial charge in [0.05, 0.1) is 6.54 Å². The second-order valence-corrected chi connectivity index (χ2v) is 6.66. The summed E-state index contributed by atoms with van der Waals surface area (Å²) >= 11 is 0. The smallest absolute Gasteiger partial charge is 0.345 e. The molecule has 1 N–H and O–H groups in total. The summed E-state index contributed by atoms with van der Waals surface area (Å²) < 4.78 is 38.7. The van der Waals surface area contributed by atoms with Crippen molar-refractivity contribution in [3.63, 3.8) is 0 Å². The fourth-order valence-electron chi connectivity index (χ4n) is 2.92. The van der Waals surface area contributed by atoms with E-state index in [0.717, 1.165) is 18.7 Å². The van der Waals surface area contributed by atoms with Crippen LogP contribution in [0.3, 0.4) is 0 Å². The van der Waals surface area contributed by atoms with Crippen molar-refractivity contribution in [3.05, 3.63) is 47.0 Å². The second-order valence-electron chi connectivity index (χ2n) is 6.66. The highest BCUT2D eigenvalue weighted by molar-refractivity contribution is 5.94. The van der Waals surface area contributed by atoms with Crippen molar-refractivity contribution in [1.29, 1.82) is 0 Å². The van der Waals surface area contributed by atoms with Crippen LogP contribution in [-0.4, -0.2) is 26.8 Å². The molecule has 0 radical (unpaired) electrons. The highest BCUT2D eigenvalue weighted by Gasteiger charge is 2.26. The van der Waals surface area contributed by atoms with Crippen molar-refractivity contribution in [1.82, 2.24) is 20.1 Å². The molecule has 1 heterocycles. The third-order valence-corrected chi connectivity index (χ3v) is 4.79. The van der Waals surface area contributed by atoms with Gasteiger partial charge in [0.15, 0.2) is 5.82 Å². The minimum absolute atomic E-state index is 0.0890. The Balaban J connectivity index is 1.54. The van der Waals surface area contributed by atoms with Gasteiger partial charge < -0.3 is 9.88 Å². The van der Waals surface area contributed by atoms with Gasteiger partial charge in [-0.25, -0.2) is 0 Å². The normalized spacial score (nSPS) is 14.9. The summed E-state index contributed by atoms with van der Waals surface area (Å²) in [6, 6.07) is 6.18. The van der Waals surface area contributed by atoms with E-state index < -0.39 is 12.6 Å². The number of nitrogens with zero attached hydrogens (tertiary/aromatic N) is 3. The number of amides is 1. The van der Waals surface area contributed by atoms with Crippen molar-refractivity contribution in [2.24, 2.45) is 7.05 Å². The van der Waals surface area contributed by atoms with Crippen LogP contribution < -0.4 is 5.32 Å². The molecule has 0 spiro atoms. The number of rotatable bonds is 6. The van der Waals surface area contributed by atoms with E-state index in [0.29, 0.717) is 22.9 Å². The standard InChI is InChI=1S/C18H21F3N4O/c1-25-15(23-24-16(25)13-3-2-4-13)11-22-17(26)14-7-5-12(6-8-14)9-10-18(19,20)21/h5-8,13H,2-4,9-11H2,1H3,(H,22,26). The molecule has 0 unspecified atom stereocenters. The van der Waals surface area contributed by atoms with Crippen LogP contribution in [0.1, 0.15) is 59.2 Å². The highest BCUT2D eigenvalue weighted by atomic mass is 19.4. The molecule has 8 heteroatoms. The predicted octanol–water partition coefficient (Wildman–Crippen LogP) is 3.51. The summed E-state index contributed by atoms with van der Waals surface area (Å²) in [6.45, 7) is 0.255. The largest absolute Gasteiger partial charge is 0.389 e. The molecule has 5 nitrogen and oxygen atoms in total. The van der Waals surface area contributed by atoms with E-state index in [1.807, 2.05) is 11.6 Å². The molecule has 140 valence electrons. The van der Waals surface area contributed by atoms with Gasteiger partial charge in [0.2, 0.25) is 0 Å².